The van der Waals surface area contributed by atoms with Crippen LogP contribution in [-0.4, -0.2) is 36.9 Å². The van der Waals surface area contributed by atoms with Gasteiger partial charge >= 0.3 is 0 Å². The Kier molecular flexibility index (Phi) is 10.0. The van der Waals surface area contributed by atoms with Gasteiger partial charge in [0.15, 0.2) is 0 Å². The van der Waals surface area contributed by atoms with Gasteiger partial charge in [-0.2, -0.15) is 0 Å². The molecule has 0 aromatic heterocycles. The second-order valence-electron chi connectivity index (χ2n) is 3.65. The highest BCUT2D eigenvalue weighted by atomic mass is 15.1. The van der Waals surface area contributed by atoms with Crippen LogP contribution in [0.15, 0.2) is 11.6 Å². The molecule has 1 fully saturated rings. The Balaban J connectivity index is 0.000000500. The predicted octanol–water partition coefficient (Wildman–Crippen LogP) is 2.74. The average Bonchev–Trinajstić information content (AvgIpc) is 2.66. The molecule has 0 spiro atoms. The van der Waals surface area contributed by atoms with Crippen LogP contribution in [0.25, 0.3) is 0 Å². The minimum absolute atomic E-state index is 0.889. The van der Waals surface area contributed by atoms with Crippen LogP contribution in [0.1, 0.15) is 39.5 Å². The summed E-state index contributed by atoms with van der Waals surface area (Å²) in [4.78, 5) is 6.44. The standard InChI is InChI=1S/C9H16N2.C3H8/c1-2-10-6-5-9-11-7-3-4-8-11;1-3-2/h1,3-9H2;3H2,1-2H3. The monoisotopic (exact) mass is 196 g/mol. The van der Waals surface area contributed by atoms with E-state index in [2.05, 4.69) is 36.2 Å². The van der Waals surface area contributed by atoms with E-state index in [1.165, 1.54) is 38.9 Å². The third-order valence-corrected chi connectivity index (χ3v) is 2.05. The maximum absolute atomic E-state index is 3.94. The average molecular weight is 196 g/mol. The lowest BCUT2D eigenvalue weighted by atomic mass is 10.4. The van der Waals surface area contributed by atoms with Crippen molar-refractivity contribution < 1.29 is 0 Å². The smallest absolute Gasteiger partial charge is 0.0495 e. The fourth-order valence-corrected chi connectivity index (χ4v) is 1.46. The molecule has 0 aliphatic carbocycles. The summed E-state index contributed by atoms with van der Waals surface area (Å²) < 4.78 is 0. The maximum atomic E-state index is 3.94. The SMILES string of the molecule is C=C=NCCCN1CCCC1.CCC. The normalized spacial score (nSPS) is 15.6. The van der Waals surface area contributed by atoms with Crippen LogP contribution in [0, 0.1) is 0 Å². The van der Waals surface area contributed by atoms with Gasteiger partial charge in [-0.1, -0.05) is 20.3 Å². The lowest BCUT2D eigenvalue weighted by Gasteiger charge is -2.12. The van der Waals surface area contributed by atoms with Gasteiger partial charge in [0.2, 0.25) is 0 Å². The van der Waals surface area contributed by atoms with Crippen molar-refractivity contribution in [1.29, 1.82) is 0 Å². The Morgan fingerprint density at radius 1 is 1.29 bits per heavy atom. The number of nitrogens with zero attached hydrogens (tertiary/aromatic N) is 2. The molecule has 14 heavy (non-hydrogen) atoms. The van der Waals surface area contributed by atoms with Crippen molar-refractivity contribution in [2.75, 3.05) is 26.2 Å². The Morgan fingerprint density at radius 3 is 2.36 bits per heavy atom. The van der Waals surface area contributed by atoms with Gasteiger partial charge in [-0.25, -0.2) is 4.99 Å². The Hall–Kier alpha value is -0.590. The zero-order chi connectivity index (χ0) is 10.6. The second-order valence-corrected chi connectivity index (χ2v) is 3.65. The molecule has 2 heteroatoms. The van der Waals surface area contributed by atoms with Crippen LogP contribution in [-0.2, 0) is 0 Å². The van der Waals surface area contributed by atoms with E-state index in [4.69, 9.17) is 0 Å². The summed E-state index contributed by atoms with van der Waals surface area (Å²) in [7, 11) is 0. The van der Waals surface area contributed by atoms with Crippen LogP contribution in [0.2, 0.25) is 0 Å². The molecule has 0 radical (unpaired) electrons. The molecule has 1 saturated heterocycles. The predicted molar refractivity (Wildman–Crippen MR) is 64.2 cm³/mol. The first-order valence-corrected chi connectivity index (χ1v) is 5.76. The summed E-state index contributed by atoms with van der Waals surface area (Å²) in [6, 6.07) is 0. The second kappa shape index (κ2) is 10.5. The van der Waals surface area contributed by atoms with Crippen LogP contribution in [0.3, 0.4) is 0 Å². The van der Waals surface area contributed by atoms with E-state index in [1.54, 1.807) is 0 Å². The number of hydrogen-bond acceptors (Lipinski definition) is 2. The largest absolute Gasteiger partial charge is 0.303 e. The highest BCUT2D eigenvalue weighted by Gasteiger charge is 2.09. The van der Waals surface area contributed by atoms with Crippen molar-refractivity contribution in [2.24, 2.45) is 4.99 Å². The molecule has 2 nitrogen and oxygen atoms in total. The first-order chi connectivity index (χ1) is 6.85. The third-order valence-electron chi connectivity index (χ3n) is 2.05. The number of likely N-dealkylation sites (tertiary alicyclic amines) is 1. The lowest BCUT2D eigenvalue weighted by molar-refractivity contribution is 0.336. The number of aliphatic imine (C=N–C) groups is 1. The molecular formula is C12H24N2. The van der Waals surface area contributed by atoms with Crippen molar-refractivity contribution in [3.8, 4) is 0 Å². The van der Waals surface area contributed by atoms with E-state index < -0.39 is 0 Å². The zero-order valence-corrected chi connectivity index (χ0v) is 9.76. The van der Waals surface area contributed by atoms with Gasteiger partial charge in [-0.3, -0.25) is 0 Å². The Morgan fingerprint density at radius 2 is 1.86 bits per heavy atom. The van der Waals surface area contributed by atoms with E-state index in [1.807, 2.05) is 0 Å². The van der Waals surface area contributed by atoms with Gasteiger partial charge in [-0.05, 0) is 51.3 Å². The molecular weight excluding hydrogens is 172 g/mol. The van der Waals surface area contributed by atoms with Crippen LogP contribution in [0.5, 0.6) is 0 Å². The zero-order valence-electron chi connectivity index (χ0n) is 9.76. The van der Waals surface area contributed by atoms with Crippen LogP contribution >= 0.6 is 0 Å². The number of hydrogen-bond donors (Lipinski definition) is 0. The summed E-state index contributed by atoms with van der Waals surface area (Å²) in [5.41, 5.74) is 0. The van der Waals surface area contributed by atoms with Gasteiger partial charge < -0.3 is 4.90 Å². The van der Waals surface area contributed by atoms with Crippen molar-refractivity contribution in [2.45, 2.75) is 39.5 Å². The Labute approximate surface area is 88.7 Å². The van der Waals surface area contributed by atoms with Crippen molar-refractivity contribution in [1.82, 2.24) is 4.90 Å². The molecule has 1 rings (SSSR count). The molecule has 0 aromatic carbocycles. The quantitative estimate of drug-likeness (QED) is 0.498. The first kappa shape index (κ1) is 13.4. The fraction of sp³-hybridized carbons (Fsp3) is 0.833. The summed E-state index contributed by atoms with van der Waals surface area (Å²) in [5.74, 6) is 2.55. The van der Waals surface area contributed by atoms with Gasteiger partial charge in [-0.15, -0.1) is 0 Å². The molecule has 1 heterocycles. The van der Waals surface area contributed by atoms with Crippen LogP contribution in [0.4, 0.5) is 0 Å². The molecule has 82 valence electrons. The minimum Gasteiger partial charge on any atom is -0.303 e. The lowest BCUT2D eigenvalue weighted by Crippen LogP contribution is -2.20. The molecule has 0 saturated carbocycles. The molecule has 0 unspecified atom stereocenters. The van der Waals surface area contributed by atoms with Gasteiger partial charge in [0, 0.05) is 6.54 Å². The maximum Gasteiger partial charge on any atom is 0.0495 e. The van der Waals surface area contributed by atoms with E-state index >= 15 is 0 Å². The molecule has 0 aromatic rings. The van der Waals surface area contributed by atoms with E-state index in [-0.39, 0.29) is 0 Å². The molecule has 1 aliphatic rings. The fourth-order valence-electron chi connectivity index (χ4n) is 1.46. The first-order valence-electron chi connectivity index (χ1n) is 5.76. The van der Waals surface area contributed by atoms with Crippen molar-refractivity contribution in [3.63, 3.8) is 0 Å². The van der Waals surface area contributed by atoms with Crippen molar-refractivity contribution in [3.05, 3.63) is 6.58 Å². The summed E-state index contributed by atoms with van der Waals surface area (Å²) in [5, 5.41) is 0. The molecule has 0 amide bonds. The van der Waals surface area contributed by atoms with E-state index in [0.717, 1.165) is 13.0 Å². The summed E-state index contributed by atoms with van der Waals surface area (Å²) >= 11 is 0. The molecule has 1 aliphatic heterocycles. The molecule has 0 atom stereocenters. The van der Waals surface area contributed by atoms with Crippen LogP contribution < -0.4 is 0 Å². The van der Waals surface area contributed by atoms with Gasteiger partial charge in [0.1, 0.15) is 0 Å². The highest BCUT2D eigenvalue weighted by Crippen LogP contribution is 2.06. The highest BCUT2D eigenvalue weighted by molar-refractivity contribution is 5.46. The molecule has 0 bridgehead atoms. The summed E-state index contributed by atoms with van der Waals surface area (Å²) in [6.07, 6.45) is 5.16. The molecule has 0 N–H and O–H groups in total. The Bertz CT molecular complexity index is 154. The summed E-state index contributed by atoms with van der Waals surface area (Å²) in [6.45, 7) is 12.3. The van der Waals surface area contributed by atoms with Crippen molar-refractivity contribution >= 4 is 5.87 Å². The van der Waals surface area contributed by atoms with E-state index in [0.29, 0.717) is 0 Å². The van der Waals surface area contributed by atoms with Gasteiger partial charge in [0.25, 0.3) is 0 Å². The number of rotatable bonds is 4. The topological polar surface area (TPSA) is 15.6 Å². The third kappa shape index (κ3) is 8.03. The van der Waals surface area contributed by atoms with E-state index in [9.17, 15) is 0 Å². The van der Waals surface area contributed by atoms with Gasteiger partial charge in [0.05, 0.1) is 0 Å². The minimum atomic E-state index is 0.889.